The number of carbonyl (C=O) groups is 1. The highest BCUT2D eigenvalue weighted by Crippen LogP contribution is 2.26. The monoisotopic (exact) mass is 480 g/mol. The van der Waals surface area contributed by atoms with Gasteiger partial charge >= 0.3 is 12.3 Å². The first-order valence-corrected chi connectivity index (χ1v) is 10.3. The fraction of sp³-hybridized carbons (Fsp3) is 0.120. The van der Waals surface area contributed by atoms with Gasteiger partial charge in [-0.25, -0.2) is 9.79 Å². The Kier molecular flexibility index (Phi) is 6.63. The molecule has 0 atom stereocenters. The van der Waals surface area contributed by atoms with E-state index >= 15 is 0 Å². The van der Waals surface area contributed by atoms with E-state index in [2.05, 4.69) is 20.0 Å². The maximum atomic E-state index is 12.3. The summed E-state index contributed by atoms with van der Waals surface area (Å²) < 4.78 is 45.9. The van der Waals surface area contributed by atoms with Crippen LogP contribution in [-0.2, 0) is 9.53 Å². The summed E-state index contributed by atoms with van der Waals surface area (Å²) >= 11 is 0. The van der Waals surface area contributed by atoms with Gasteiger partial charge < -0.3 is 14.4 Å². The maximum absolute atomic E-state index is 12.3. The van der Waals surface area contributed by atoms with E-state index in [1.165, 1.54) is 18.2 Å². The van der Waals surface area contributed by atoms with Crippen LogP contribution in [-0.4, -0.2) is 32.3 Å². The molecular weight excluding hydrogens is 461 g/mol. The average molecular weight is 480 g/mol. The average Bonchev–Trinajstić information content (AvgIpc) is 3.18. The van der Waals surface area contributed by atoms with Gasteiger partial charge in [0, 0.05) is 25.3 Å². The molecule has 0 fully saturated rings. The molecule has 0 saturated carbocycles. The molecule has 7 nitrogen and oxygen atoms in total. The lowest BCUT2D eigenvalue weighted by atomic mass is 10.2. The van der Waals surface area contributed by atoms with E-state index in [-0.39, 0.29) is 17.3 Å². The van der Waals surface area contributed by atoms with Crippen molar-refractivity contribution in [2.45, 2.75) is 6.36 Å². The van der Waals surface area contributed by atoms with Gasteiger partial charge in [0.1, 0.15) is 5.75 Å². The van der Waals surface area contributed by atoms with Gasteiger partial charge in [0.05, 0.1) is 11.4 Å². The van der Waals surface area contributed by atoms with Crippen LogP contribution in [0.4, 0.5) is 30.2 Å². The summed E-state index contributed by atoms with van der Waals surface area (Å²) in [6, 6.07) is 19.5. The number of carbonyl (C=O) groups excluding carboxylic acids is 1. The van der Waals surface area contributed by atoms with Gasteiger partial charge in [-0.1, -0.05) is 12.1 Å². The van der Waals surface area contributed by atoms with Crippen LogP contribution in [0.15, 0.2) is 93.7 Å². The van der Waals surface area contributed by atoms with E-state index in [4.69, 9.17) is 4.74 Å². The van der Waals surface area contributed by atoms with Crippen molar-refractivity contribution in [3.63, 3.8) is 0 Å². The Morgan fingerprint density at radius 3 is 2.00 bits per heavy atom. The van der Waals surface area contributed by atoms with Crippen LogP contribution in [0.2, 0.25) is 0 Å². The van der Waals surface area contributed by atoms with E-state index in [1.54, 1.807) is 24.3 Å². The number of azo groups is 1. The minimum absolute atomic E-state index is 0.0226. The minimum atomic E-state index is -4.77. The lowest BCUT2D eigenvalue weighted by molar-refractivity contribution is -0.274. The zero-order valence-electron chi connectivity index (χ0n) is 18.7. The number of ether oxygens (including phenoxy) is 2. The maximum Gasteiger partial charge on any atom is 0.573 e. The van der Waals surface area contributed by atoms with Crippen LogP contribution in [0.1, 0.15) is 11.1 Å². The zero-order chi connectivity index (χ0) is 25.0. The molecular formula is C25H19F3N4O3. The Morgan fingerprint density at radius 1 is 0.886 bits per heavy atom. The largest absolute Gasteiger partial charge is 0.573 e. The third-order valence-corrected chi connectivity index (χ3v) is 4.80. The van der Waals surface area contributed by atoms with Crippen LogP contribution >= 0.6 is 0 Å². The van der Waals surface area contributed by atoms with Crippen molar-refractivity contribution < 1.29 is 27.4 Å². The minimum Gasteiger partial charge on any atom is -0.406 e. The Bertz CT molecular complexity index is 1300. The second-order valence-corrected chi connectivity index (χ2v) is 7.61. The Hall–Kier alpha value is -4.47. The fourth-order valence-electron chi connectivity index (χ4n) is 3.06. The van der Waals surface area contributed by atoms with Crippen molar-refractivity contribution in [1.29, 1.82) is 0 Å². The quantitative estimate of drug-likeness (QED) is 0.232. The molecule has 0 aromatic heterocycles. The smallest absolute Gasteiger partial charge is 0.406 e. The lowest BCUT2D eigenvalue weighted by Gasteiger charge is -2.11. The number of esters is 1. The van der Waals surface area contributed by atoms with Crippen LogP contribution < -0.4 is 9.64 Å². The molecule has 178 valence electrons. The third-order valence-electron chi connectivity index (χ3n) is 4.80. The number of nitrogens with zero attached hydrogens (tertiary/aromatic N) is 4. The van der Waals surface area contributed by atoms with Crippen LogP contribution in [0.5, 0.6) is 5.75 Å². The van der Waals surface area contributed by atoms with Gasteiger partial charge in [-0.3, -0.25) is 0 Å². The first-order valence-electron chi connectivity index (χ1n) is 10.3. The topological polar surface area (TPSA) is 75.9 Å². The van der Waals surface area contributed by atoms with Crippen molar-refractivity contribution in [2.24, 2.45) is 15.2 Å². The fourth-order valence-corrected chi connectivity index (χ4v) is 3.06. The predicted molar refractivity (Wildman–Crippen MR) is 125 cm³/mol. The van der Waals surface area contributed by atoms with Gasteiger partial charge in [-0.2, -0.15) is 10.2 Å². The normalized spacial score (nSPS) is 14.8. The van der Waals surface area contributed by atoms with E-state index in [9.17, 15) is 18.0 Å². The number of halogens is 3. The van der Waals surface area contributed by atoms with Crippen molar-refractivity contribution in [1.82, 2.24) is 0 Å². The molecule has 1 aliphatic rings. The van der Waals surface area contributed by atoms with E-state index in [0.717, 1.165) is 17.8 Å². The van der Waals surface area contributed by atoms with Gasteiger partial charge in [0.25, 0.3) is 0 Å². The first kappa shape index (κ1) is 23.7. The first-order chi connectivity index (χ1) is 16.7. The highest BCUT2D eigenvalue weighted by atomic mass is 19.4. The SMILES string of the molecule is CN(C)c1ccc(N=Nc2ccc(C3=N/C(=C/c4ccc(OC(F)(F)F)cc4)C(=O)O3)cc2)cc1. The van der Waals surface area contributed by atoms with Gasteiger partial charge in [0.15, 0.2) is 5.70 Å². The third kappa shape index (κ3) is 6.32. The predicted octanol–water partition coefficient (Wildman–Crippen LogP) is 6.41. The van der Waals surface area contributed by atoms with E-state index in [1.807, 2.05) is 43.3 Å². The van der Waals surface area contributed by atoms with E-state index < -0.39 is 12.3 Å². The number of alkyl halides is 3. The Labute approximate surface area is 198 Å². The molecule has 1 aliphatic heterocycles. The zero-order valence-corrected chi connectivity index (χ0v) is 18.7. The molecule has 0 bridgehead atoms. The highest BCUT2D eigenvalue weighted by molar-refractivity contribution is 6.12. The molecule has 0 saturated heterocycles. The molecule has 0 N–H and O–H groups in total. The van der Waals surface area contributed by atoms with E-state index in [0.29, 0.717) is 22.5 Å². The van der Waals surface area contributed by atoms with Crippen molar-refractivity contribution in [2.75, 3.05) is 19.0 Å². The molecule has 0 amide bonds. The summed E-state index contributed by atoms with van der Waals surface area (Å²) in [5.41, 5.74) is 3.42. The summed E-state index contributed by atoms with van der Waals surface area (Å²) in [6.07, 6.45) is -3.36. The number of benzene rings is 3. The molecule has 0 unspecified atom stereocenters. The second kappa shape index (κ2) is 9.80. The van der Waals surface area contributed by atoms with Crippen molar-refractivity contribution in [3.05, 3.63) is 89.6 Å². The molecule has 4 rings (SSSR count). The summed E-state index contributed by atoms with van der Waals surface area (Å²) in [4.78, 5) is 18.4. The summed E-state index contributed by atoms with van der Waals surface area (Å²) in [6.45, 7) is 0. The molecule has 3 aromatic carbocycles. The second-order valence-electron chi connectivity index (χ2n) is 7.61. The number of rotatable bonds is 6. The molecule has 3 aromatic rings. The molecule has 1 heterocycles. The number of aliphatic imine (C=N–C) groups is 1. The Morgan fingerprint density at radius 2 is 1.46 bits per heavy atom. The molecule has 35 heavy (non-hydrogen) atoms. The number of hydrogen-bond donors (Lipinski definition) is 0. The van der Waals surface area contributed by atoms with Gasteiger partial charge in [-0.15, -0.1) is 13.2 Å². The van der Waals surface area contributed by atoms with Crippen LogP contribution in [0, 0.1) is 0 Å². The van der Waals surface area contributed by atoms with Crippen LogP contribution in [0.25, 0.3) is 6.08 Å². The van der Waals surface area contributed by atoms with Crippen molar-refractivity contribution in [3.8, 4) is 5.75 Å². The summed E-state index contributed by atoms with van der Waals surface area (Å²) in [5.74, 6) is -0.915. The number of anilines is 1. The lowest BCUT2D eigenvalue weighted by Crippen LogP contribution is -2.16. The summed E-state index contributed by atoms with van der Waals surface area (Å²) in [7, 11) is 3.91. The number of hydrogen-bond acceptors (Lipinski definition) is 7. The standard InChI is InChI=1S/C25H19F3N4O3/c1-32(2)20-11-9-19(10-12-20)31-30-18-7-5-17(6-8-18)23-29-22(24(33)34-23)15-16-3-13-21(14-4-16)35-25(26,27)28/h3-15H,1-2H3/b22-15+,31-30?. The van der Waals surface area contributed by atoms with Gasteiger partial charge in [-0.05, 0) is 72.3 Å². The molecule has 0 radical (unpaired) electrons. The molecule has 0 aliphatic carbocycles. The molecule has 10 heteroatoms. The van der Waals surface area contributed by atoms with Gasteiger partial charge in [0.2, 0.25) is 5.90 Å². The number of cyclic esters (lactones) is 1. The van der Waals surface area contributed by atoms with Crippen LogP contribution in [0.3, 0.4) is 0 Å². The highest BCUT2D eigenvalue weighted by Gasteiger charge is 2.31. The molecule has 0 spiro atoms. The summed E-state index contributed by atoms with van der Waals surface area (Å²) in [5, 5.41) is 8.42. The Balaban J connectivity index is 1.44. The van der Waals surface area contributed by atoms with Crippen molar-refractivity contribution >= 4 is 35.0 Å².